The average molecular weight is 187 g/mol. The first kappa shape index (κ1) is 11.0. The Kier molecular flexibility index (Phi) is 6.15. The van der Waals surface area contributed by atoms with E-state index in [0.29, 0.717) is 5.92 Å². The monoisotopic (exact) mass is 187 g/mol. The molecule has 0 bridgehead atoms. The van der Waals surface area contributed by atoms with Gasteiger partial charge in [0.15, 0.2) is 0 Å². The fraction of sp³-hybridized carbons (Fsp3) is 1.00. The maximum absolute atomic E-state index is 5.52. The molecule has 0 aromatic carbocycles. The number of nitrogens with one attached hydrogen (secondary N) is 1. The SMILES string of the molecule is CCCNCCOCC1CCOC1. The van der Waals surface area contributed by atoms with E-state index in [1.165, 1.54) is 12.8 Å². The van der Waals surface area contributed by atoms with Gasteiger partial charge in [-0.15, -0.1) is 0 Å². The van der Waals surface area contributed by atoms with Crippen LogP contribution in [0.4, 0.5) is 0 Å². The molecule has 1 unspecified atom stereocenters. The van der Waals surface area contributed by atoms with Gasteiger partial charge in [0.05, 0.1) is 19.8 Å². The average Bonchev–Trinajstić information content (AvgIpc) is 2.63. The molecule has 1 rings (SSSR count). The van der Waals surface area contributed by atoms with E-state index in [-0.39, 0.29) is 0 Å². The van der Waals surface area contributed by atoms with Gasteiger partial charge in [-0.3, -0.25) is 0 Å². The molecular weight excluding hydrogens is 166 g/mol. The molecule has 0 aliphatic carbocycles. The van der Waals surface area contributed by atoms with Crippen molar-refractivity contribution in [2.24, 2.45) is 5.92 Å². The van der Waals surface area contributed by atoms with Crippen LogP contribution < -0.4 is 5.32 Å². The molecule has 1 fully saturated rings. The van der Waals surface area contributed by atoms with E-state index in [4.69, 9.17) is 9.47 Å². The quantitative estimate of drug-likeness (QED) is 0.604. The van der Waals surface area contributed by atoms with E-state index in [0.717, 1.165) is 39.5 Å². The van der Waals surface area contributed by atoms with Gasteiger partial charge in [0.1, 0.15) is 0 Å². The topological polar surface area (TPSA) is 30.5 Å². The van der Waals surface area contributed by atoms with Crippen molar-refractivity contribution in [3.05, 3.63) is 0 Å². The Morgan fingerprint density at radius 3 is 3.08 bits per heavy atom. The van der Waals surface area contributed by atoms with E-state index >= 15 is 0 Å². The lowest BCUT2D eigenvalue weighted by Gasteiger charge is -2.08. The molecule has 78 valence electrons. The predicted molar refractivity (Wildman–Crippen MR) is 52.9 cm³/mol. The summed E-state index contributed by atoms with van der Waals surface area (Å²) >= 11 is 0. The lowest BCUT2D eigenvalue weighted by Crippen LogP contribution is -2.22. The largest absolute Gasteiger partial charge is 0.381 e. The molecule has 1 atom stereocenters. The smallest absolute Gasteiger partial charge is 0.0591 e. The highest BCUT2D eigenvalue weighted by Crippen LogP contribution is 2.11. The summed E-state index contributed by atoms with van der Waals surface area (Å²) in [5.41, 5.74) is 0. The van der Waals surface area contributed by atoms with Crippen LogP contribution in [0.15, 0.2) is 0 Å². The van der Waals surface area contributed by atoms with E-state index in [9.17, 15) is 0 Å². The van der Waals surface area contributed by atoms with Crippen molar-refractivity contribution in [3.8, 4) is 0 Å². The molecule has 0 radical (unpaired) electrons. The number of rotatable bonds is 7. The molecule has 0 amide bonds. The minimum Gasteiger partial charge on any atom is -0.381 e. The zero-order valence-electron chi connectivity index (χ0n) is 8.55. The first-order valence-corrected chi connectivity index (χ1v) is 5.29. The Hall–Kier alpha value is -0.120. The van der Waals surface area contributed by atoms with Crippen LogP contribution in [0.2, 0.25) is 0 Å². The number of hydrogen-bond donors (Lipinski definition) is 1. The van der Waals surface area contributed by atoms with Crippen LogP contribution in [0, 0.1) is 5.92 Å². The third-order valence-electron chi connectivity index (χ3n) is 2.23. The fourth-order valence-electron chi connectivity index (χ4n) is 1.41. The summed E-state index contributed by atoms with van der Waals surface area (Å²) < 4.78 is 10.8. The van der Waals surface area contributed by atoms with Crippen LogP contribution in [0.5, 0.6) is 0 Å². The highest BCUT2D eigenvalue weighted by molar-refractivity contribution is 4.62. The van der Waals surface area contributed by atoms with Crippen molar-refractivity contribution >= 4 is 0 Å². The second-order valence-electron chi connectivity index (χ2n) is 3.55. The van der Waals surface area contributed by atoms with E-state index in [1.54, 1.807) is 0 Å². The molecule has 1 aliphatic heterocycles. The van der Waals surface area contributed by atoms with Gasteiger partial charge in [0.2, 0.25) is 0 Å². The van der Waals surface area contributed by atoms with Crippen molar-refractivity contribution in [2.75, 3.05) is 39.5 Å². The molecule has 1 N–H and O–H groups in total. The minimum absolute atomic E-state index is 0.645. The Bertz CT molecular complexity index is 113. The maximum atomic E-state index is 5.52. The summed E-state index contributed by atoms with van der Waals surface area (Å²) in [5, 5.41) is 3.30. The van der Waals surface area contributed by atoms with Crippen LogP contribution in [0.25, 0.3) is 0 Å². The van der Waals surface area contributed by atoms with Crippen molar-refractivity contribution in [2.45, 2.75) is 19.8 Å². The first-order chi connectivity index (χ1) is 6.43. The lowest BCUT2D eigenvalue weighted by atomic mass is 10.1. The highest BCUT2D eigenvalue weighted by atomic mass is 16.5. The van der Waals surface area contributed by atoms with E-state index in [2.05, 4.69) is 12.2 Å². The molecule has 1 aliphatic rings. The van der Waals surface area contributed by atoms with Crippen molar-refractivity contribution in [3.63, 3.8) is 0 Å². The lowest BCUT2D eigenvalue weighted by molar-refractivity contribution is 0.0914. The molecule has 1 saturated heterocycles. The van der Waals surface area contributed by atoms with E-state index < -0.39 is 0 Å². The summed E-state index contributed by atoms with van der Waals surface area (Å²) in [6.07, 6.45) is 2.36. The molecular formula is C10H21NO2. The number of ether oxygens (including phenoxy) is 2. The van der Waals surface area contributed by atoms with Crippen molar-refractivity contribution in [1.82, 2.24) is 5.32 Å². The fourth-order valence-corrected chi connectivity index (χ4v) is 1.41. The molecule has 1 heterocycles. The summed E-state index contributed by atoms with van der Waals surface area (Å²) in [4.78, 5) is 0. The number of hydrogen-bond acceptors (Lipinski definition) is 3. The van der Waals surface area contributed by atoms with Crippen molar-refractivity contribution < 1.29 is 9.47 Å². The van der Waals surface area contributed by atoms with Crippen LogP contribution in [-0.2, 0) is 9.47 Å². The summed E-state index contributed by atoms with van der Waals surface area (Å²) in [6.45, 7) is 7.75. The predicted octanol–water partition coefficient (Wildman–Crippen LogP) is 1.04. The van der Waals surface area contributed by atoms with Gasteiger partial charge in [-0.25, -0.2) is 0 Å². The third kappa shape index (κ3) is 5.24. The summed E-state index contributed by atoms with van der Waals surface area (Å²) in [5.74, 6) is 0.645. The van der Waals surface area contributed by atoms with Gasteiger partial charge in [-0.1, -0.05) is 6.92 Å². The van der Waals surface area contributed by atoms with Gasteiger partial charge < -0.3 is 14.8 Å². The van der Waals surface area contributed by atoms with Gasteiger partial charge in [0, 0.05) is 19.1 Å². The Balaban J connectivity index is 1.78. The van der Waals surface area contributed by atoms with E-state index in [1.807, 2.05) is 0 Å². The van der Waals surface area contributed by atoms with Crippen LogP contribution in [0.3, 0.4) is 0 Å². The van der Waals surface area contributed by atoms with Gasteiger partial charge >= 0.3 is 0 Å². The van der Waals surface area contributed by atoms with Crippen LogP contribution >= 0.6 is 0 Å². The molecule has 13 heavy (non-hydrogen) atoms. The maximum Gasteiger partial charge on any atom is 0.0591 e. The zero-order valence-corrected chi connectivity index (χ0v) is 8.55. The first-order valence-electron chi connectivity index (χ1n) is 5.29. The molecule has 0 aromatic heterocycles. The zero-order chi connectivity index (χ0) is 9.36. The second-order valence-corrected chi connectivity index (χ2v) is 3.55. The van der Waals surface area contributed by atoms with Crippen molar-refractivity contribution in [1.29, 1.82) is 0 Å². The molecule has 0 saturated carbocycles. The van der Waals surface area contributed by atoms with Crippen LogP contribution in [-0.4, -0.2) is 39.5 Å². The second kappa shape index (κ2) is 7.30. The molecule has 3 heteroatoms. The molecule has 0 spiro atoms. The van der Waals surface area contributed by atoms with Gasteiger partial charge in [-0.05, 0) is 19.4 Å². The minimum atomic E-state index is 0.645. The normalized spacial score (nSPS) is 22.4. The summed E-state index contributed by atoms with van der Waals surface area (Å²) in [6, 6.07) is 0. The Labute approximate surface area is 80.8 Å². The van der Waals surface area contributed by atoms with Gasteiger partial charge in [-0.2, -0.15) is 0 Å². The Morgan fingerprint density at radius 1 is 1.46 bits per heavy atom. The highest BCUT2D eigenvalue weighted by Gasteiger charge is 2.14. The standard InChI is InChI=1S/C10H21NO2/c1-2-4-11-5-7-13-9-10-3-6-12-8-10/h10-11H,2-9H2,1H3. The molecule has 0 aromatic rings. The van der Waals surface area contributed by atoms with Gasteiger partial charge in [0.25, 0.3) is 0 Å². The van der Waals surface area contributed by atoms with Crippen LogP contribution in [0.1, 0.15) is 19.8 Å². The summed E-state index contributed by atoms with van der Waals surface area (Å²) in [7, 11) is 0. The Morgan fingerprint density at radius 2 is 2.38 bits per heavy atom. The molecule has 3 nitrogen and oxygen atoms in total. The third-order valence-corrected chi connectivity index (χ3v) is 2.23.